The van der Waals surface area contributed by atoms with Gasteiger partial charge in [0.15, 0.2) is 0 Å². The van der Waals surface area contributed by atoms with Crippen molar-refractivity contribution >= 4 is 23.1 Å². The summed E-state index contributed by atoms with van der Waals surface area (Å²) >= 11 is 5.85. The first-order chi connectivity index (χ1) is 9.72. The number of aromatic nitrogens is 2. The second kappa shape index (κ2) is 6.96. The van der Waals surface area contributed by atoms with Crippen LogP contribution in [0.4, 0.5) is 11.5 Å². The molecule has 6 heteroatoms. The molecule has 5 nitrogen and oxygen atoms in total. The molecule has 2 aromatic rings. The van der Waals surface area contributed by atoms with Gasteiger partial charge in [0.1, 0.15) is 28.8 Å². The molecule has 0 aliphatic heterocycles. The molecule has 1 aromatic heterocycles. The first kappa shape index (κ1) is 14.4. The fourth-order valence-electron chi connectivity index (χ4n) is 1.68. The van der Waals surface area contributed by atoms with Crippen LogP contribution >= 0.6 is 11.6 Å². The molecule has 0 amide bonds. The van der Waals surface area contributed by atoms with Crippen molar-refractivity contribution in [1.82, 2.24) is 9.97 Å². The summed E-state index contributed by atoms with van der Waals surface area (Å²) in [6.45, 7) is 5.05. The molecule has 0 spiro atoms. The molecule has 1 heterocycles. The van der Waals surface area contributed by atoms with E-state index >= 15 is 0 Å². The van der Waals surface area contributed by atoms with Crippen molar-refractivity contribution in [2.75, 3.05) is 18.5 Å². The van der Waals surface area contributed by atoms with Gasteiger partial charge in [-0.25, -0.2) is 9.97 Å². The van der Waals surface area contributed by atoms with Crippen LogP contribution in [0.25, 0.3) is 0 Å². The van der Waals surface area contributed by atoms with Crippen LogP contribution in [-0.2, 0) is 0 Å². The van der Waals surface area contributed by atoms with Crippen LogP contribution in [0, 0.1) is 0 Å². The lowest BCUT2D eigenvalue weighted by Gasteiger charge is -2.13. The maximum absolute atomic E-state index is 5.85. The Morgan fingerprint density at radius 1 is 1.10 bits per heavy atom. The maximum Gasteiger partial charge on any atom is 0.143 e. The molecule has 106 valence electrons. The Morgan fingerprint density at radius 3 is 2.60 bits per heavy atom. The van der Waals surface area contributed by atoms with Gasteiger partial charge < -0.3 is 14.8 Å². The first-order valence-corrected chi connectivity index (χ1v) is 6.75. The Bertz CT molecular complexity index is 578. The summed E-state index contributed by atoms with van der Waals surface area (Å²) in [4.78, 5) is 7.95. The van der Waals surface area contributed by atoms with Crippen LogP contribution in [0.15, 0.2) is 30.6 Å². The van der Waals surface area contributed by atoms with Crippen molar-refractivity contribution in [1.29, 1.82) is 0 Å². The van der Waals surface area contributed by atoms with Crippen molar-refractivity contribution in [2.24, 2.45) is 0 Å². The highest BCUT2D eigenvalue weighted by atomic mass is 35.5. The van der Waals surface area contributed by atoms with E-state index in [2.05, 4.69) is 15.3 Å². The minimum atomic E-state index is 0.376. The summed E-state index contributed by atoms with van der Waals surface area (Å²) < 4.78 is 11.1. The number of hydrogen-bond acceptors (Lipinski definition) is 5. The third-order valence-electron chi connectivity index (χ3n) is 2.46. The third kappa shape index (κ3) is 3.74. The van der Waals surface area contributed by atoms with Crippen molar-refractivity contribution < 1.29 is 9.47 Å². The zero-order chi connectivity index (χ0) is 14.4. The molecule has 0 radical (unpaired) electrons. The molecule has 0 aliphatic rings. The average molecular weight is 294 g/mol. The van der Waals surface area contributed by atoms with Crippen LogP contribution in [-0.4, -0.2) is 23.2 Å². The minimum Gasteiger partial charge on any atom is -0.494 e. The molecule has 2 rings (SSSR count). The molecule has 1 N–H and O–H groups in total. The molecule has 20 heavy (non-hydrogen) atoms. The highest BCUT2D eigenvalue weighted by molar-refractivity contribution is 6.29. The molecule has 0 saturated heterocycles. The summed E-state index contributed by atoms with van der Waals surface area (Å²) in [5, 5.41) is 3.53. The second-order valence-corrected chi connectivity index (χ2v) is 4.26. The van der Waals surface area contributed by atoms with Gasteiger partial charge in [-0.2, -0.15) is 0 Å². The zero-order valence-electron chi connectivity index (χ0n) is 11.4. The summed E-state index contributed by atoms with van der Waals surface area (Å²) in [5.41, 5.74) is 0.771. The smallest absolute Gasteiger partial charge is 0.143 e. The van der Waals surface area contributed by atoms with Gasteiger partial charge in [0.2, 0.25) is 0 Å². The van der Waals surface area contributed by atoms with E-state index < -0.39 is 0 Å². The topological polar surface area (TPSA) is 56.3 Å². The van der Waals surface area contributed by atoms with E-state index in [1.807, 2.05) is 32.0 Å². The molecule has 0 atom stereocenters. The lowest BCUT2D eigenvalue weighted by molar-refractivity contribution is 0.332. The number of halogens is 1. The van der Waals surface area contributed by atoms with Gasteiger partial charge in [0, 0.05) is 12.1 Å². The van der Waals surface area contributed by atoms with Gasteiger partial charge in [-0.1, -0.05) is 11.6 Å². The zero-order valence-corrected chi connectivity index (χ0v) is 12.1. The third-order valence-corrected chi connectivity index (χ3v) is 2.67. The molecule has 0 bridgehead atoms. The Balaban J connectivity index is 2.29. The average Bonchev–Trinajstić information content (AvgIpc) is 2.42. The molecule has 0 fully saturated rings. The minimum absolute atomic E-state index is 0.376. The number of nitrogens with zero attached hydrogens (tertiary/aromatic N) is 2. The summed E-state index contributed by atoms with van der Waals surface area (Å²) in [6.07, 6.45) is 1.40. The number of ether oxygens (including phenoxy) is 2. The molecule has 0 aliphatic carbocycles. The van der Waals surface area contributed by atoms with Gasteiger partial charge in [-0.3, -0.25) is 0 Å². The first-order valence-electron chi connectivity index (χ1n) is 6.37. The Morgan fingerprint density at radius 2 is 1.90 bits per heavy atom. The van der Waals surface area contributed by atoms with E-state index in [1.54, 1.807) is 6.07 Å². The van der Waals surface area contributed by atoms with Gasteiger partial charge in [0.25, 0.3) is 0 Å². The standard InChI is InChI=1S/C14H16ClN3O2/c1-3-19-10-5-6-12(20-4-2)11(7-10)18-14-8-13(15)16-9-17-14/h5-9H,3-4H2,1-2H3,(H,16,17,18). The van der Waals surface area contributed by atoms with E-state index in [9.17, 15) is 0 Å². The number of nitrogens with one attached hydrogen (secondary N) is 1. The summed E-state index contributed by atoms with van der Waals surface area (Å²) in [5.74, 6) is 2.09. The Kier molecular flexibility index (Phi) is 5.01. The lowest BCUT2D eigenvalue weighted by Crippen LogP contribution is -2.00. The quantitative estimate of drug-likeness (QED) is 0.824. The molecule has 1 aromatic carbocycles. The highest BCUT2D eigenvalue weighted by Crippen LogP contribution is 2.31. The fourth-order valence-corrected chi connectivity index (χ4v) is 1.83. The normalized spacial score (nSPS) is 10.2. The number of hydrogen-bond donors (Lipinski definition) is 1. The van der Waals surface area contributed by atoms with E-state index in [0.717, 1.165) is 17.2 Å². The van der Waals surface area contributed by atoms with Crippen molar-refractivity contribution in [2.45, 2.75) is 13.8 Å². The van der Waals surface area contributed by atoms with E-state index in [1.165, 1.54) is 6.33 Å². The summed E-state index contributed by atoms with van der Waals surface area (Å²) in [7, 11) is 0. The Labute approximate surface area is 122 Å². The van der Waals surface area contributed by atoms with Crippen molar-refractivity contribution in [3.05, 3.63) is 35.7 Å². The second-order valence-electron chi connectivity index (χ2n) is 3.87. The van der Waals surface area contributed by atoms with Crippen molar-refractivity contribution in [3.63, 3.8) is 0 Å². The SMILES string of the molecule is CCOc1ccc(OCC)c(Nc2cc(Cl)ncn2)c1. The van der Waals surface area contributed by atoms with Crippen LogP contribution in [0.3, 0.4) is 0 Å². The van der Waals surface area contributed by atoms with Gasteiger partial charge in [0.05, 0.1) is 18.9 Å². The number of anilines is 2. The van der Waals surface area contributed by atoms with E-state index in [-0.39, 0.29) is 0 Å². The van der Waals surface area contributed by atoms with Crippen molar-refractivity contribution in [3.8, 4) is 11.5 Å². The molecular formula is C14H16ClN3O2. The predicted molar refractivity (Wildman–Crippen MR) is 79.1 cm³/mol. The van der Waals surface area contributed by atoms with Gasteiger partial charge in [-0.15, -0.1) is 0 Å². The van der Waals surface area contributed by atoms with E-state index in [4.69, 9.17) is 21.1 Å². The largest absolute Gasteiger partial charge is 0.494 e. The number of benzene rings is 1. The maximum atomic E-state index is 5.85. The van der Waals surface area contributed by atoms with Crippen LogP contribution in [0.1, 0.15) is 13.8 Å². The molecular weight excluding hydrogens is 278 g/mol. The monoisotopic (exact) mass is 293 g/mol. The summed E-state index contributed by atoms with van der Waals surface area (Å²) in [6, 6.07) is 7.24. The fraction of sp³-hybridized carbons (Fsp3) is 0.286. The highest BCUT2D eigenvalue weighted by Gasteiger charge is 2.07. The van der Waals surface area contributed by atoms with Crippen LogP contribution in [0.2, 0.25) is 5.15 Å². The van der Waals surface area contributed by atoms with E-state index in [0.29, 0.717) is 24.2 Å². The molecule has 0 unspecified atom stereocenters. The van der Waals surface area contributed by atoms with Gasteiger partial charge in [-0.05, 0) is 26.0 Å². The number of rotatable bonds is 6. The molecule has 0 saturated carbocycles. The predicted octanol–water partition coefficient (Wildman–Crippen LogP) is 3.67. The lowest BCUT2D eigenvalue weighted by atomic mass is 10.2. The van der Waals surface area contributed by atoms with Gasteiger partial charge >= 0.3 is 0 Å². The van der Waals surface area contributed by atoms with Crippen LogP contribution < -0.4 is 14.8 Å². The Hall–Kier alpha value is -2.01. The van der Waals surface area contributed by atoms with Crippen LogP contribution in [0.5, 0.6) is 11.5 Å².